The Kier molecular flexibility index (Phi) is 4.18. The number of amides is 1. The summed E-state index contributed by atoms with van der Waals surface area (Å²) in [5.74, 6) is 1.22. The zero-order valence-corrected chi connectivity index (χ0v) is 12.5. The summed E-state index contributed by atoms with van der Waals surface area (Å²) < 4.78 is 11.0. The first-order valence-corrected chi connectivity index (χ1v) is 6.76. The monoisotopic (exact) mass is 278 g/mol. The first kappa shape index (κ1) is 14.7. The van der Waals surface area contributed by atoms with Gasteiger partial charge in [0.15, 0.2) is 11.5 Å². The SMILES string of the molecule is COc1c(C)c2c(c(C)c1OC)C(CC(N)=O)NCC2. The first-order chi connectivity index (χ1) is 9.51. The van der Waals surface area contributed by atoms with Crippen molar-refractivity contribution >= 4 is 5.91 Å². The van der Waals surface area contributed by atoms with Gasteiger partial charge in [0, 0.05) is 12.5 Å². The summed E-state index contributed by atoms with van der Waals surface area (Å²) in [6.45, 7) is 4.87. The predicted molar refractivity (Wildman–Crippen MR) is 77.3 cm³/mol. The third-order valence-electron chi connectivity index (χ3n) is 4.00. The van der Waals surface area contributed by atoms with Crippen LogP contribution in [0.1, 0.15) is 34.7 Å². The fraction of sp³-hybridized carbons (Fsp3) is 0.533. The van der Waals surface area contributed by atoms with Crippen molar-refractivity contribution in [1.29, 1.82) is 0 Å². The topological polar surface area (TPSA) is 73.6 Å². The number of ether oxygens (including phenoxy) is 2. The van der Waals surface area contributed by atoms with Crippen LogP contribution in [0, 0.1) is 13.8 Å². The van der Waals surface area contributed by atoms with Crippen molar-refractivity contribution in [2.75, 3.05) is 20.8 Å². The molecular formula is C15H22N2O3. The van der Waals surface area contributed by atoms with Gasteiger partial charge in [0.25, 0.3) is 0 Å². The molecule has 1 heterocycles. The zero-order valence-electron chi connectivity index (χ0n) is 12.5. The Hall–Kier alpha value is -1.75. The number of carbonyl (C=O) groups excluding carboxylic acids is 1. The number of benzene rings is 1. The van der Waals surface area contributed by atoms with E-state index in [-0.39, 0.29) is 11.9 Å². The van der Waals surface area contributed by atoms with E-state index in [1.54, 1.807) is 14.2 Å². The average molecular weight is 278 g/mol. The van der Waals surface area contributed by atoms with Crippen molar-refractivity contribution in [3.05, 3.63) is 22.3 Å². The number of carbonyl (C=O) groups is 1. The van der Waals surface area contributed by atoms with Crippen LogP contribution < -0.4 is 20.5 Å². The minimum absolute atomic E-state index is 0.0465. The van der Waals surface area contributed by atoms with Crippen molar-refractivity contribution in [1.82, 2.24) is 5.32 Å². The minimum Gasteiger partial charge on any atom is -0.493 e. The Bertz CT molecular complexity index is 541. The van der Waals surface area contributed by atoms with Crippen molar-refractivity contribution < 1.29 is 14.3 Å². The Morgan fingerprint density at radius 2 is 1.85 bits per heavy atom. The lowest BCUT2D eigenvalue weighted by Gasteiger charge is -2.31. The molecule has 1 atom stereocenters. The molecule has 1 aliphatic rings. The van der Waals surface area contributed by atoms with Gasteiger partial charge in [0.05, 0.1) is 14.2 Å². The first-order valence-electron chi connectivity index (χ1n) is 6.76. The molecule has 0 bridgehead atoms. The number of hydrogen-bond acceptors (Lipinski definition) is 4. The van der Waals surface area contributed by atoms with E-state index >= 15 is 0 Å². The van der Waals surface area contributed by atoms with Crippen molar-refractivity contribution in [3.63, 3.8) is 0 Å². The number of rotatable bonds is 4. The summed E-state index contributed by atoms with van der Waals surface area (Å²) in [5.41, 5.74) is 9.83. The van der Waals surface area contributed by atoms with Gasteiger partial charge < -0.3 is 20.5 Å². The fourth-order valence-electron chi connectivity index (χ4n) is 3.16. The number of nitrogens with two attached hydrogens (primary N) is 1. The summed E-state index contributed by atoms with van der Waals surface area (Å²) in [6, 6.07) is -0.0465. The minimum atomic E-state index is -0.304. The highest BCUT2D eigenvalue weighted by atomic mass is 16.5. The summed E-state index contributed by atoms with van der Waals surface area (Å²) in [4.78, 5) is 11.3. The highest BCUT2D eigenvalue weighted by molar-refractivity contribution is 5.75. The number of hydrogen-bond donors (Lipinski definition) is 2. The molecule has 0 saturated heterocycles. The molecule has 0 fully saturated rings. The van der Waals surface area contributed by atoms with Crippen LogP contribution in [0.3, 0.4) is 0 Å². The molecule has 110 valence electrons. The van der Waals surface area contributed by atoms with E-state index in [9.17, 15) is 4.79 Å². The van der Waals surface area contributed by atoms with Gasteiger partial charge in [-0.2, -0.15) is 0 Å². The molecule has 0 aliphatic carbocycles. The maximum absolute atomic E-state index is 11.3. The molecule has 0 aromatic heterocycles. The molecule has 0 radical (unpaired) electrons. The fourth-order valence-corrected chi connectivity index (χ4v) is 3.16. The summed E-state index contributed by atoms with van der Waals surface area (Å²) in [7, 11) is 3.29. The highest BCUT2D eigenvalue weighted by Crippen LogP contribution is 2.43. The molecule has 3 N–H and O–H groups in total. The van der Waals surface area contributed by atoms with Crippen molar-refractivity contribution in [2.45, 2.75) is 32.7 Å². The lowest BCUT2D eigenvalue weighted by atomic mass is 9.85. The van der Waals surface area contributed by atoms with Crippen LogP contribution in [0.5, 0.6) is 11.5 Å². The van der Waals surface area contributed by atoms with Crippen LogP contribution in [-0.4, -0.2) is 26.7 Å². The Morgan fingerprint density at radius 1 is 1.25 bits per heavy atom. The second-order valence-corrected chi connectivity index (χ2v) is 5.14. The lowest BCUT2D eigenvalue weighted by molar-refractivity contribution is -0.118. The van der Waals surface area contributed by atoms with Gasteiger partial charge in [-0.25, -0.2) is 0 Å². The third kappa shape index (κ3) is 2.33. The standard InChI is InChI=1S/C15H22N2O3/c1-8-10-5-6-17-11(7-12(16)18)13(10)9(2)15(20-4)14(8)19-3/h11,17H,5-7H2,1-4H3,(H2,16,18). The van der Waals surface area contributed by atoms with Gasteiger partial charge in [-0.05, 0) is 49.1 Å². The summed E-state index contributed by atoms with van der Waals surface area (Å²) in [6.07, 6.45) is 1.21. The largest absolute Gasteiger partial charge is 0.493 e. The Labute approximate surface area is 119 Å². The molecule has 1 aromatic rings. The van der Waals surface area contributed by atoms with Crippen LogP contribution in [-0.2, 0) is 11.2 Å². The molecule has 1 aromatic carbocycles. The molecule has 1 aliphatic heterocycles. The van der Waals surface area contributed by atoms with E-state index < -0.39 is 0 Å². The lowest BCUT2D eigenvalue weighted by Crippen LogP contribution is -2.34. The Morgan fingerprint density at radius 3 is 2.40 bits per heavy atom. The highest BCUT2D eigenvalue weighted by Gasteiger charge is 2.29. The average Bonchev–Trinajstić information content (AvgIpc) is 2.41. The maximum atomic E-state index is 11.3. The number of primary amides is 1. The van der Waals surface area contributed by atoms with Crippen LogP contribution >= 0.6 is 0 Å². The van der Waals surface area contributed by atoms with Crippen LogP contribution in [0.15, 0.2) is 0 Å². The molecular weight excluding hydrogens is 256 g/mol. The maximum Gasteiger partial charge on any atom is 0.219 e. The van der Waals surface area contributed by atoms with E-state index in [4.69, 9.17) is 15.2 Å². The number of methoxy groups -OCH3 is 2. The second-order valence-electron chi connectivity index (χ2n) is 5.14. The van der Waals surface area contributed by atoms with E-state index in [2.05, 4.69) is 5.32 Å². The quantitative estimate of drug-likeness (QED) is 0.872. The molecule has 2 rings (SSSR count). The third-order valence-corrected chi connectivity index (χ3v) is 4.00. The number of fused-ring (bicyclic) bond motifs is 1. The van der Waals surface area contributed by atoms with Gasteiger partial charge in [-0.15, -0.1) is 0 Å². The smallest absolute Gasteiger partial charge is 0.219 e. The molecule has 0 spiro atoms. The van der Waals surface area contributed by atoms with Crippen molar-refractivity contribution in [3.8, 4) is 11.5 Å². The van der Waals surface area contributed by atoms with Crippen LogP contribution in [0.25, 0.3) is 0 Å². The molecule has 1 unspecified atom stereocenters. The molecule has 20 heavy (non-hydrogen) atoms. The second kappa shape index (κ2) is 5.71. The molecule has 1 amide bonds. The molecule has 0 saturated carbocycles. The van der Waals surface area contributed by atoms with Gasteiger partial charge >= 0.3 is 0 Å². The normalized spacial score (nSPS) is 17.5. The van der Waals surface area contributed by atoms with E-state index in [0.29, 0.717) is 6.42 Å². The van der Waals surface area contributed by atoms with Gasteiger partial charge in [-0.3, -0.25) is 4.79 Å². The van der Waals surface area contributed by atoms with Gasteiger partial charge in [0.1, 0.15) is 0 Å². The van der Waals surface area contributed by atoms with Crippen LogP contribution in [0.2, 0.25) is 0 Å². The van der Waals surface area contributed by atoms with E-state index in [0.717, 1.165) is 41.2 Å². The number of nitrogens with one attached hydrogen (secondary N) is 1. The zero-order chi connectivity index (χ0) is 14.9. The molecule has 5 heteroatoms. The van der Waals surface area contributed by atoms with E-state index in [1.807, 2.05) is 13.8 Å². The van der Waals surface area contributed by atoms with Gasteiger partial charge in [-0.1, -0.05) is 0 Å². The van der Waals surface area contributed by atoms with Crippen molar-refractivity contribution in [2.24, 2.45) is 5.73 Å². The summed E-state index contributed by atoms with van der Waals surface area (Å²) >= 11 is 0. The Balaban J connectivity index is 2.64. The van der Waals surface area contributed by atoms with E-state index in [1.165, 1.54) is 5.56 Å². The molecule has 5 nitrogen and oxygen atoms in total. The summed E-state index contributed by atoms with van der Waals surface area (Å²) in [5, 5.41) is 3.37. The van der Waals surface area contributed by atoms with Gasteiger partial charge in [0.2, 0.25) is 5.91 Å². The predicted octanol–water partition coefficient (Wildman–Crippen LogP) is 1.38. The van der Waals surface area contributed by atoms with Crippen LogP contribution in [0.4, 0.5) is 0 Å².